The highest BCUT2D eigenvalue weighted by molar-refractivity contribution is 7.91. The molecule has 0 fully saturated rings. The van der Waals surface area contributed by atoms with Crippen LogP contribution >= 0.6 is 0 Å². The van der Waals surface area contributed by atoms with Crippen molar-refractivity contribution in [2.75, 3.05) is 5.32 Å². The Labute approximate surface area is 157 Å². The summed E-state index contributed by atoms with van der Waals surface area (Å²) in [5.74, 6) is 0.607. The first-order chi connectivity index (χ1) is 12.9. The maximum Gasteiger partial charge on any atom is 0.229 e. The molecule has 0 aliphatic heterocycles. The molecule has 0 spiro atoms. The molecule has 2 aromatic carbocycles. The van der Waals surface area contributed by atoms with E-state index in [0.29, 0.717) is 5.82 Å². The fourth-order valence-electron chi connectivity index (χ4n) is 2.93. The van der Waals surface area contributed by atoms with Crippen molar-refractivity contribution in [1.29, 1.82) is 0 Å². The maximum absolute atomic E-state index is 13.1. The summed E-state index contributed by atoms with van der Waals surface area (Å²) in [6, 6.07) is 14.4. The highest BCUT2D eigenvalue weighted by Gasteiger charge is 2.27. The van der Waals surface area contributed by atoms with Gasteiger partial charge in [-0.05, 0) is 45.0 Å². The van der Waals surface area contributed by atoms with E-state index >= 15 is 0 Å². The molecule has 2 aromatic heterocycles. The third-order valence-corrected chi connectivity index (χ3v) is 5.90. The van der Waals surface area contributed by atoms with E-state index in [1.165, 1.54) is 4.52 Å². The molecule has 0 unspecified atom stereocenters. The number of hydrogen-bond acceptors (Lipinski definition) is 6. The highest BCUT2D eigenvalue weighted by atomic mass is 32.2. The van der Waals surface area contributed by atoms with Crippen LogP contribution in [0, 0.1) is 6.92 Å². The average molecular weight is 381 g/mol. The van der Waals surface area contributed by atoms with Crippen molar-refractivity contribution in [2.24, 2.45) is 0 Å². The molecule has 4 rings (SSSR count). The third-order valence-electron chi connectivity index (χ3n) is 4.23. The van der Waals surface area contributed by atoms with Gasteiger partial charge in [0.2, 0.25) is 14.9 Å². The Balaban J connectivity index is 2.00. The van der Waals surface area contributed by atoms with Crippen molar-refractivity contribution in [2.45, 2.75) is 36.7 Å². The summed E-state index contributed by atoms with van der Waals surface area (Å²) in [5, 5.41) is 12.0. The lowest BCUT2D eigenvalue weighted by Gasteiger charge is -2.12. The molecule has 0 saturated carbocycles. The zero-order valence-corrected chi connectivity index (χ0v) is 16.0. The van der Waals surface area contributed by atoms with Crippen molar-refractivity contribution < 1.29 is 8.42 Å². The normalized spacial score (nSPS) is 12.1. The lowest BCUT2D eigenvalue weighted by molar-refractivity contribution is 0.592. The van der Waals surface area contributed by atoms with Crippen LogP contribution in [0.2, 0.25) is 0 Å². The van der Waals surface area contributed by atoms with E-state index < -0.39 is 9.84 Å². The van der Waals surface area contributed by atoms with Crippen LogP contribution in [0.5, 0.6) is 0 Å². The van der Waals surface area contributed by atoms with Crippen molar-refractivity contribution in [3.8, 4) is 0 Å². The van der Waals surface area contributed by atoms with Gasteiger partial charge < -0.3 is 5.32 Å². The second-order valence-corrected chi connectivity index (χ2v) is 8.59. The van der Waals surface area contributed by atoms with Crippen LogP contribution in [0.1, 0.15) is 19.4 Å². The Bertz CT molecular complexity index is 1240. The minimum Gasteiger partial charge on any atom is -0.367 e. The van der Waals surface area contributed by atoms with Gasteiger partial charge in [-0.25, -0.2) is 13.4 Å². The molecule has 0 aliphatic rings. The Morgan fingerprint density at radius 1 is 1.04 bits per heavy atom. The standard InChI is InChI=1S/C19H19N5O2S/c1-12(2)20-17-15-6-4-5-7-16(15)24-18(21-17)19(22-23-24)27(25,26)14-10-8-13(3)9-11-14/h4-12H,1-3H3,(H,20,21). The number of para-hydroxylation sites is 1. The number of hydrogen-bond donors (Lipinski definition) is 1. The largest absolute Gasteiger partial charge is 0.367 e. The van der Waals surface area contributed by atoms with E-state index in [1.807, 2.05) is 45.0 Å². The minimum atomic E-state index is -3.84. The molecule has 8 heteroatoms. The van der Waals surface area contributed by atoms with Crippen molar-refractivity contribution in [3.63, 3.8) is 0 Å². The van der Waals surface area contributed by atoms with Crippen molar-refractivity contribution >= 4 is 32.2 Å². The van der Waals surface area contributed by atoms with Gasteiger partial charge in [0.15, 0.2) is 5.65 Å². The third kappa shape index (κ3) is 2.91. The van der Waals surface area contributed by atoms with Gasteiger partial charge in [-0.2, -0.15) is 4.52 Å². The van der Waals surface area contributed by atoms with Crippen LogP contribution in [0.15, 0.2) is 58.5 Å². The Hall–Kier alpha value is -3.00. The summed E-state index contributed by atoms with van der Waals surface area (Å²) in [4.78, 5) is 4.73. The van der Waals surface area contributed by atoms with Gasteiger partial charge >= 0.3 is 0 Å². The molecule has 0 aliphatic carbocycles. The number of sulfone groups is 1. The number of nitrogens with one attached hydrogen (secondary N) is 1. The SMILES string of the molecule is Cc1ccc(S(=O)(=O)c2nnn3c2nc(NC(C)C)c2ccccc23)cc1. The van der Waals surface area contributed by atoms with Gasteiger partial charge in [0.1, 0.15) is 5.82 Å². The molecule has 0 atom stereocenters. The number of aromatic nitrogens is 4. The summed E-state index contributed by atoms with van der Waals surface area (Å²) >= 11 is 0. The number of benzene rings is 2. The molecule has 138 valence electrons. The zero-order valence-electron chi connectivity index (χ0n) is 15.2. The second kappa shape index (κ2) is 6.31. The predicted octanol–water partition coefficient (Wildman–Crippen LogP) is 3.24. The van der Waals surface area contributed by atoms with Gasteiger partial charge in [0.05, 0.1) is 10.4 Å². The van der Waals surface area contributed by atoms with E-state index in [1.54, 1.807) is 24.3 Å². The van der Waals surface area contributed by atoms with Crippen LogP contribution in [-0.2, 0) is 9.84 Å². The Morgan fingerprint density at radius 3 is 2.44 bits per heavy atom. The van der Waals surface area contributed by atoms with Crippen LogP contribution in [0.3, 0.4) is 0 Å². The summed E-state index contributed by atoms with van der Waals surface area (Å²) < 4.78 is 27.7. The molecule has 0 amide bonds. The summed E-state index contributed by atoms with van der Waals surface area (Å²) in [5.41, 5.74) is 1.93. The zero-order chi connectivity index (χ0) is 19.2. The number of aryl methyl sites for hydroxylation is 1. The highest BCUT2D eigenvalue weighted by Crippen LogP contribution is 2.28. The first-order valence-electron chi connectivity index (χ1n) is 8.60. The van der Waals surface area contributed by atoms with E-state index in [-0.39, 0.29) is 21.6 Å². The van der Waals surface area contributed by atoms with Crippen molar-refractivity contribution in [1.82, 2.24) is 19.8 Å². The minimum absolute atomic E-state index is 0.136. The molecule has 2 heterocycles. The van der Waals surface area contributed by atoms with Crippen LogP contribution in [0.25, 0.3) is 16.6 Å². The van der Waals surface area contributed by atoms with E-state index in [4.69, 9.17) is 0 Å². The number of rotatable bonds is 4. The average Bonchev–Trinajstić information content (AvgIpc) is 3.06. The van der Waals surface area contributed by atoms with Gasteiger partial charge in [-0.1, -0.05) is 35.0 Å². The fourth-order valence-corrected chi connectivity index (χ4v) is 4.17. The molecule has 0 radical (unpaired) electrons. The van der Waals surface area contributed by atoms with Crippen LogP contribution in [-0.4, -0.2) is 34.3 Å². The quantitative estimate of drug-likeness (QED) is 0.584. The Kier molecular flexibility index (Phi) is 4.07. The molecule has 27 heavy (non-hydrogen) atoms. The fraction of sp³-hybridized carbons (Fsp3) is 0.211. The van der Waals surface area contributed by atoms with Gasteiger partial charge in [-0.3, -0.25) is 0 Å². The first-order valence-corrected chi connectivity index (χ1v) is 10.1. The molecular weight excluding hydrogens is 362 g/mol. The van der Waals surface area contributed by atoms with Gasteiger partial charge in [-0.15, -0.1) is 5.10 Å². The van der Waals surface area contributed by atoms with Gasteiger partial charge in [0.25, 0.3) is 0 Å². The van der Waals surface area contributed by atoms with E-state index in [0.717, 1.165) is 16.5 Å². The lowest BCUT2D eigenvalue weighted by atomic mass is 10.2. The first kappa shape index (κ1) is 17.4. The number of nitrogens with zero attached hydrogens (tertiary/aromatic N) is 4. The predicted molar refractivity (Wildman–Crippen MR) is 104 cm³/mol. The topological polar surface area (TPSA) is 89.2 Å². The molecule has 0 bridgehead atoms. The monoisotopic (exact) mass is 381 g/mol. The smallest absolute Gasteiger partial charge is 0.229 e. The lowest BCUT2D eigenvalue weighted by Crippen LogP contribution is -2.13. The maximum atomic E-state index is 13.1. The van der Waals surface area contributed by atoms with E-state index in [2.05, 4.69) is 20.6 Å². The molecular formula is C19H19N5O2S. The second-order valence-electron chi connectivity index (χ2n) is 6.72. The van der Waals surface area contributed by atoms with Crippen molar-refractivity contribution in [3.05, 3.63) is 54.1 Å². The summed E-state index contributed by atoms with van der Waals surface area (Å²) in [7, 11) is -3.84. The Morgan fingerprint density at radius 2 is 1.74 bits per heavy atom. The molecule has 7 nitrogen and oxygen atoms in total. The number of fused-ring (bicyclic) bond motifs is 3. The van der Waals surface area contributed by atoms with Crippen LogP contribution in [0.4, 0.5) is 5.82 Å². The van der Waals surface area contributed by atoms with Crippen LogP contribution < -0.4 is 5.32 Å². The van der Waals surface area contributed by atoms with E-state index in [9.17, 15) is 8.42 Å². The number of anilines is 1. The summed E-state index contributed by atoms with van der Waals surface area (Å²) in [6.07, 6.45) is 0. The molecule has 0 saturated heterocycles. The molecule has 4 aromatic rings. The molecule has 1 N–H and O–H groups in total. The van der Waals surface area contributed by atoms with Gasteiger partial charge in [0, 0.05) is 11.4 Å². The summed E-state index contributed by atoms with van der Waals surface area (Å²) in [6.45, 7) is 5.90.